The van der Waals surface area contributed by atoms with Crippen molar-refractivity contribution < 1.29 is 4.74 Å². The summed E-state index contributed by atoms with van der Waals surface area (Å²) in [6.07, 6.45) is 7.09. The third-order valence-corrected chi connectivity index (χ3v) is 4.07. The van der Waals surface area contributed by atoms with Crippen molar-refractivity contribution in [2.24, 2.45) is 5.92 Å². The predicted octanol–water partition coefficient (Wildman–Crippen LogP) is 1.87. The van der Waals surface area contributed by atoms with Crippen molar-refractivity contribution >= 4 is 0 Å². The third-order valence-electron chi connectivity index (χ3n) is 4.07. The van der Waals surface area contributed by atoms with Crippen molar-refractivity contribution in [1.29, 1.82) is 0 Å². The molecule has 2 aliphatic rings. The predicted molar refractivity (Wildman–Crippen MR) is 70.4 cm³/mol. The molecule has 4 nitrogen and oxygen atoms in total. The van der Waals surface area contributed by atoms with Crippen LogP contribution in [0.25, 0.3) is 0 Å². The maximum atomic E-state index is 5.43. The minimum Gasteiger partial charge on any atom is -0.381 e. The van der Waals surface area contributed by atoms with Crippen molar-refractivity contribution in [3.63, 3.8) is 0 Å². The molecule has 1 saturated carbocycles. The largest absolute Gasteiger partial charge is 0.381 e. The molecule has 0 atom stereocenters. The fourth-order valence-corrected chi connectivity index (χ4v) is 2.63. The number of aryl methyl sites for hydroxylation is 1. The minimum absolute atomic E-state index is 0.756. The lowest BCUT2D eigenvalue weighted by Gasteiger charge is -2.24. The maximum Gasteiger partial charge on any atom is 0.105 e. The van der Waals surface area contributed by atoms with E-state index in [0.717, 1.165) is 44.1 Å². The molecule has 1 aliphatic heterocycles. The molecule has 0 spiro atoms. The van der Waals surface area contributed by atoms with Gasteiger partial charge in [0, 0.05) is 38.5 Å². The Kier molecular flexibility index (Phi) is 3.66. The lowest BCUT2D eigenvalue weighted by atomic mass is 10.0. The van der Waals surface area contributed by atoms with E-state index in [2.05, 4.69) is 21.8 Å². The van der Waals surface area contributed by atoms with Gasteiger partial charge in [0.15, 0.2) is 0 Å². The fourth-order valence-electron chi connectivity index (χ4n) is 2.63. The van der Waals surface area contributed by atoms with Gasteiger partial charge in [-0.15, -0.1) is 0 Å². The minimum atomic E-state index is 0.756. The second-order valence-electron chi connectivity index (χ2n) is 5.62. The molecule has 3 rings (SSSR count). The van der Waals surface area contributed by atoms with E-state index in [1.54, 1.807) is 0 Å². The monoisotopic (exact) mass is 249 g/mol. The van der Waals surface area contributed by atoms with Gasteiger partial charge in [0.25, 0.3) is 0 Å². The van der Waals surface area contributed by atoms with E-state index in [0.29, 0.717) is 0 Å². The average Bonchev–Trinajstić information content (AvgIpc) is 3.16. The van der Waals surface area contributed by atoms with Crippen molar-refractivity contribution in [3.8, 4) is 0 Å². The van der Waals surface area contributed by atoms with Gasteiger partial charge in [0.2, 0.25) is 0 Å². The quantitative estimate of drug-likeness (QED) is 0.866. The van der Waals surface area contributed by atoms with Gasteiger partial charge >= 0.3 is 0 Å². The van der Waals surface area contributed by atoms with Gasteiger partial charge in [-0.3, -0.25) is 0 Å². The van der Waals surface area contributed by atoms with Crippen molar-refractivity contribution in [3.05, 3.63) is 17.7 Å². The summed E-state index contributed by atoms with van der Waals surface area (Å²) in [4.78, 5) is 4.47. The highest BCUT2D eigenvalue weighted by atomic mass is 16.5. The first-order chi connectivity index (χ1) is 8.83. The number of aromatic nitrogens is 2. The summed E-state index contributed by atoms with van der Waals surface area (Å²) in [6.45, 7) is 6.04. The molecule has 18 heavy (non-hydrogen) atoms. The van der Waals surface area contributed by atoms with Crippen LogP contribution in [-0.2, 0) is 17.8 Å². The van der Waals surface area contributed by atoms with Crippen LogP contribution in [0, 0.1) is 12.8 Å². The van der Waals surface area contributed by atoms with E-state index in [9.17, 15) is 0 Å². The summed E-state index contributed by atoms with van der Waals surface area (Å²) in [5.41, 5.74) is 1.34. The standard InChI is InChI=1S/C14H23N3O/c1-11-15-8-14(9-16-13-2-3-13)17(11)10-12-4-6-18-7-5-12/h8,12-13,16H,2-7,9-10H2,1H3. The van der Waals surface area contributed by atoms with Gasteiger partial charge in [-0.2, -0.15) is 0 Å². The molecule has 0 amide bonds. The zero-order chi connectivity index (χ0) is 12.4. The normalized spacial score (nSPS) is 21.4. The number of rotatable bonds is 5. The molecule has 4 heteroatoms. The van der Waals surface area contributed by atoms with Crippen LogP contribution in [0.4, 0.5) is 0 Å². The van der Waals surface area contributed by atoms with E-state index in [1.807, 2.05) is 6.20 Å². The molecule has 0 unspecified atom stereocenters. The lowest BCUT2D eigenvalue weighted by Crippen LogP contribution is -2.24. The zero-order valence-corrected chi connectivity index (χ0v) is 11.2. The first-order valence-electron chi connectivity index (χ1n) is 7.15. The van der Waals surface area contributed by atoms with Crippen LogP contribution in [0.5, 0.6) is 0 Å². The second kappa shape index (κ2) is 5.41. The molecule has 1 saturated heterocycles. The van der Waals surface area contributed by atoms with E-state index in [1.165, 1.54) is 31.4 Å². The summed E-state index contributed by atoms with van der Waals surface area (Å²) in [7, 11) is 0. The highest BCUT2D eigenvalue weighted by molar-refractivity contribution is 5.05. The van der Waals surface area contributed by atoms with Crippen LogP contribution >= 0.6 is 0 Å². The third kappa shape index (κ3) is 2.93. The smallest absolute Gasteiger partial charge is 0.105 e. The number of hydrogen-bond donors (Lipinski definition) is 1. The molecule has 0 bridgehead atoms. The van der Waals surface area contributed by atoms with E-state index in [-0.39, 0.29) is 0 Å². The molecule has 0 radical (unpaired) electrons. The molecular formula is C14H23N3O. The lowest BCUT2D eigenvalue weighted by molar-refractivity contribution is 0.0608. The molecule has 0 aromatic carbocycles. The highest BCUT2D eigenvalue weighted by Crippen LogP contribution is 2.21. The topological polar surface area (TPSA) is 39.1 Å². The van der Waals surface area contributed by atoms with Crippen LogP contribution in [0.2, 0.25) is 0 Å². The molecule has 1 aliphatic carbocycles. The number of hydrogen-bond acceptors (Lipinski definition) is 3. The van der Waals surface area contributed by atoms with Gasteiger partial charge < -0.3 is 14.6 Å². The number of nitrogens with zero attached hydrogens (tertiary/aromatic N) is 2. The Morgan fingerprint density at radius 2 is 2.11 bits per heavy atom. The van der Waals surface area contributed by atoms with Gasteiger partial charge in [-0.1, -0.05) is 0 Å². The Labute approximate surface area is 109 Å². The van der Waals surface area contributed by atoms with Crippen LogP contribution in [-0.4, -0.2) is 28.8 Å². The maximum absolute atomic E-state index is 5.43. The molecular weight excluding hydrogens is 226 g/mol. The van der Waals surface area contributed by atoms with Gasteiger partial charge in [-0.25, -0.2) is 4.98 Å². The number of imidazole rings is 1. The van der Waals surface area contributed by atoms with Gasteiger partial charge in [0.1, 0.15) is 5.82 Å². The Morgan fingerprint density at radius 3 is 2.83 bits per heavy atom. The molecule has 2 fully saturated rings. The molecule has 1 aromatic rings. The van der Waals surface area contributed by atoms with Crippen molar-refractivity contribution in [2.75, 3.05) is 13.2 Å². The highest BCUT2D eigenvalue weighted by Gasteiger charge is 2.22. The Morgan fingerprint density at radius 1 is 1.33 bits per heavy atom. The summed E-state index contributed by atoms with van der Waals surface area (Å²) in [5.74, 6) is 1.90. The van der Waals surface area contributed by atoms with Gasteiger partial charge in [0.05, 0.1) is 5.69 Å². The Bertz CT molecular complexity index is 392. The SMILES string of the molecule is Cc1ncc(CNC2CC2)n1CC1CCOCC1. The summed E-state index contributed by atoms with van der Waals surface area (Å²) >= 11 is 0. The van der Waals surface area contributed by atoms with E-state index >= 15 is 0 Å². The van der Waals surface area contributed by atoms with Crippen molar-refractivity contribution in [1.82, 2.24) is 14.9 Å². The first kappa shape index (κ1) is 12.2. The molecule has 1 N–H and O–H groups in total. The zero-order valence-electron chi connectivity index (χ0n) is 11.2. The number of nitrogens with one attached hydrogen (secondary N) is 1. The van der Waals surface area contributed by atoms with Crippen LogP contribution in [0.15, 0.2) is 6.20 Å². The summed E-state index contributed by atoms with van der Waals surface area (Å²) in [6, 6.07) is 0.761. The van der Waals surface area contributed by atoms with E-state index < -0.39 is 0 Å². The Hall–Kier alpha value is -0.870. The second-order valence-corrected chi connectivity index (χ2v) is 5.62. The summed E-state index contributed by atoms with van der Waals surface area (Å²) < 4.78 is 7.82. The molecule has 100 valence electrons. The molecule has 2 heterocycles. The Balaban J connectivity index is 1.62. The van der Waals surface area contributed by atoms with Crippen LogP contribution in [0.1, 0.15) is 37.2 Å². The fraction of sp³-hybridized carbons (Fsp3) is 0.786. The molecule has 1 aromatic heterocycles. The average molecular weight is 249 g/mol. The van der Waals surface area contributed by atoms with E-state index in [4.69, 9.17) is 4.74 Å². The number of ether oxygens (including phenoxy) is 1. The van der Waals surface area contributed by atoms with Crippen LogP contribution in [0.3, 0.4) is 0 Å². The first-order valence-corrected chi connectivity index (χ1v) is 7.15. The van der Waals surface area contributed by atoms with Crippen molar-refractivity contribution in [2.45, 2.75) is 51.7 Å². The summed E-state index contributed by atoms with van der Waals surface area (Å²) in [5, 5.41) is 3.58. The van der Waals surface area contributed by atoms with Gasteiger partial charge in [-0.05, 0) is 38.5 Å². The van der Waals surface area contributed by atoms with Crippen LogP contribution < -0.4 is 5.32 Å².